The van der Waals surface area contributed by atoms with E-state index in [9.17, 15) is 13.2 Å². The Hall–Kier alpha value is -2.16. The molecule has 0 bridgehead atoms. The summed E-state index contributed by atoms with van der Waals surface area (Å²) in [6, 6.07) is 14.1. The molecule has 0 radical (unpaired) electrons. The molecule has 0 spiro atoms. The van der Waals surface area contributed by atoms with Gasteiger partial charge in [-0.05, 0) is 31.2 Å². The molecule has 8 heteroatoms. The number of aryl methyl sites for hydroxylation is 1. The highest BCUT2D eigenvalue weighted by molar-refractivity contribution is 8.27. The number of amides is 1. The van der Waals surface area contributed by atoms with Crippen LogP contribution < -0.4 is 9.08 Å². The monoisotopic (exact) mass is 405 g/mol. The summed E-state index contributed by atoms with van der Waals surface area (Å²) in [5.41, 5.74) is 2.27. The van der Waals surface area contributed by atoms with Gasteiger partial charge < -0.3 is 4.18 Å². The Morgan fingerprint density at radius 2 is 1.77 bits per heavy atom. The zero-order valence-corrected chi connectivity index (χ0v) is 16.5. The van der Waals surface area contributed by atoms with Crippen LogP contribution in [0.3, 0.4) is 0 Å². The van der Waals surface area contributed by atoms with Crippen molar-refractivity contribution in [2.24, 2.45) is 0 Å². The minimum Gasteiger partial charge on any atom is -0.382 e. The lowest BCUT2D eigenvalue weighted by Gasteiger charge is -2.14. The van der Waals surface area contributed by atoms with Gasteiger partial charge in [-0.25, -0.2) is 0 Å². The zero-order valence-electron chi connectivity index (χ0n) is 14.0. The Morgan fingerprint density at radius 3 is 2.42 bits per heavy atom. The van der Waals surface area contributed by atoms with Crippen LogP contribution in [0.1, 0.15) is 11.1 Å². The maximum atomic E-state index is 12.8. The fourth-order valence-corrected chi connectivity index (χ4v) is 4.13. The van der Waals surface area contributed by atoms with Crippen LogP contribution in [0.5, 0.6) is 5.75 Å². The maximum absolute atomic E-state index is 12.8. The lowest BCUT2D eigenvalue weighted by Crippen LogP contribution is -2.27. The molecule has 1 heterocycles. The molecular formula is C18H15NO4S3. The van der Waals surface area contributed by atoms with Gasteiger partial charge in [0, 0.05) is 5.56 Å². The summed E-state index contributed by atoms with van der Waals surface area (Å²) >= 11 is 6.51. The number of hydrogen-bond acceptors (Lipinski definition) is 6. The minimum atomic E-state index is -3.67. The number of benzene rings is 2. The molecule has 1 amide bonds. The lowest BCUT2D eigenvalue weighted by molar-refractivity contribution is -0.113. The molecule has 3 rings (SSSR count). The first-order valence-corrected chi connectivity index (χ1v) is 10.6. The van der Waals surface area contributed by atoms with E-state index in [2.05, 4.69) is 0 Å². The van der Waals surface area contributed by atoms with E-state index in [0.717, 1.165) is 11.8 Å². The highest BCUT2D eigenvalue weighted by Crippen LogP contribution is 2.37. The van der Waals surface area contributed by atoms with Gasteiger partial charge in [0.1, 0.15) is 5.75 Å². The number of thiocarbonyl (C=S) groups is 1. The Balaban J connectivity index is 1.95. The van der Waals surface area contributed by atoms with Crippen molar-refractivity contribution in [3.05, 3.63) is 64.6 Å². The third-order valence-corrected chi connectivity index (χ3v) is 5.32. The molecule has 5 nitrogen and oxygen atoms in total. The fraction of sp³-hybridized carbons (Fsp3) is 0.111. The van der Waals surface area contributed by atoms with Crippen LogP contribution in [-0.4, -0.2) is 24.9 Å². The van der Waals surface area contributed by atoms with Gasteiger partial charge in [-0.15, -0.1) is 0 Å². The third-order valence-electron chi connectivity index (χ3n) is 3.53. The molecule has 0 aliphatic carbocycles. The third kappa shape index (κ3) is 4.14. The predicted molar refractivity (Wildman–Crippen MR) is 109 cm³/mol. The number of carbonyl (C=O) groups excluding carboxylic acids is 1. The number of para-hydroxylation sites is 1. The molecule has 1 aliphatic rings. The normalized spacial score (nSPS) is 16.4. The van der Waals surface area contributed by atoms with Crippen molar-refractivity contribution < 1.29 is 17.4 Å². The van der Waals surface area contributed by atoms with Gasteiger partial charge in [-0.3, -0.25) is 9.69 Å². The second-order valence-corrected chi connectivity index (χ2v) is 8.93. The van der Waals surface area contributed by atoms with Gasteiger partial charge in [-0.1, -0.05) is 59.9 Å². The average molecular weight is 406 g/mol. The summed E-state index contributed by atoms with van der Waals surface area (Å²) in [5.74, 6) is -0.0892. The predicted octanol–water partition coefficient (Wildman–Crippen LogP) is 3.74. The van der Waals surface area contributed by atoms with Crippen molar-refractivity contribution in [1.82, 2.24) is 0 Å². The number of hydrogen-bond donors (Lipinski definition) is 0. The van der Waals surface area contributed by atoms with Gasteiger partial charge in [0.15, 0.2) is 4.32 Å². The summed E-state index contributed by atoms with van der Waals surface area (Å²) in [7, 11) is -3.67. The minimum absolute atomic E-state index is 0.163. The summed E-state index contributed by atoms with van der Waals surface area (Å²) in [5, 5.41) is 0. The van der Waals surface area contributed by atoms with Crippen LogP contribution in [0.4, 0.5) is 5.69 Å². The molecule has 0 aromatic heterocycles. The van der Waals surface area contributed by atoms with Gasteiger partial charge >= 0.3 is 10.1 Å². The van der Waals surface area contributed by atoms with E-state index in [1.807, 2.05) is 31.2 Å². The molecule has 0 atom stereocenters. The lowest BCUT2D eigenvalue weighted by atomic mass is 10.2. The molecule has 1 saturated heterocycles. The Kier molecular flexibility index (Phi) is 5.17. The van der Waals surface area contributed by atoms with E-state index in [1.54, 1.807) is 24.3 Å². The van der Waals surface area contributed by atoms with Crippen molar-refractivity contribution >= 4 is 56.1 Å². The van der Waals surface area contributed by atoms with Crippen LogP contribution in [0.2, 0.25) is 0 Å². The summed E-state index contributed by atoms with van der Waals surface area (Å²) in [4.78, 5) is 14.7. The second-order valence-electron chi connectivity index (χ2n) is 5.68. The molecule has 134 valence electrons. The fourth-order valence-electron chi connectivity index (χ4n) is 2.36. The van der Waals surface area contributed by atoms with Crippen LogP contribution in [0, 0.1) is 6.92 Å². The zero-order chi connectivity index (χ0) is 18.9. The summed E-state index contributed by atoms with van der Waals surface area (Å²) < 4.78 is 28.3. The molecule has 0 N–H and O–H groups in total. The molecule has 0 unspecified atom stereocenters. The van der Waals surface area contributed by atoms with Crippen molar-refractivity contribution in [1.29, 1.82) is 0 Å². The van der Waals surface area contributed by atoms with E-state index >= 15 is 0 Å². The van der Waals surface area contributed by atoms with Crippen molar-refractivity contribution in [2.75, 3.05) is 11.2 Å². The Labute approximate surface area is 161 Å². The first-order valence-electron chi connectivity index (χ1n) is 7.58. The van der Waals surface area contributed by atoms with Crippen molar-refractivity contribution in [2.45, 2.75) is 6.92 Å². The first-order chi connectivity index (χ1) is 12.2. The Bertz CT molecular complexity index is 1010. The van der Waals surface area contributed by atoms with Gasteiger partial charge in [0.25, 0.3) is 5.91 Å². The number of nitrogens with zero attached hydrogens (tertiary/aromatic N) is 1. The molecule has 26 heavy (non-hydrogen) atoms. The van der Waals surface area contributed by atoms with Gasteiger partial charge in [0.2, 0.25) is 0 Å². The molecule has 1 fully saturated rings. The molecule has 2 aromatic rings. The highest BCUT2D eigenvalue weighted by atomic mass is 32.2. The molecule has 1 aliphatic heterocycles. The SMILES string of the molecule is Cc1ccc(N2C(=O)C(=Cc3ccccc3OS(C)(=O)=O)SC2=S)cc1. The summed E-state index contributed by atoms with van der Waals surface area (Å²) in [6.07, 6.45) is 2.56. The average Bonchev–Trinajstić information content (AvgIpc) is 2.83. The number of anilines is 1. The number of carbonyl (C=O) groups is 1. The van der Waals surface area contributed by atoms with Crippen molar-refractivity contribution in [3.63, 3.8) is 0 Å². The molecule has 0 saturated carbocycles. The maximum Gasteiger partial charge on any atom is 0.306 e. The van der Waals surface area contributed by atoms with Crippen LogP contribution >= 0.6 is 24.0 Å². The first kappa shape index (κ1) is 18.6. The number of rotatable bonds is 4. The second kappa shape index (κ2) is 7.22. The summed E-state index contributed by atoms with van der Waals surface area (Å²) in [6.45, 7) is 1.96. The molecule has 2 aromatic carbocycles. The number of thioether (sulfide) groups is 1. The highest BCUT2D eigenvalue weighted by Gasteiger charge is 2.33. The van der Waals surface area contributed by atoms with Crippen LogP contribution in [0.25, 0.3) is 6.08 Å². The van der Waals surface area contributed by atoms with Gasteiger partial charge in [0.05, 0.1) is 16.8 Å². The standard InChI is InChI=1S/C18H15NO4S3/c1-12-7-9-14(10-8-12)19-17(20)16(25-18(19)24)11-13-5-3-4-6-15(13)23-26(2,21)22/h3-11H,1-2H3. The van der Waals surface area contributed by atoms with E-state index in [0.29, 0.717) is 20.5 Å². The van der Waals surface area contributed by atoms with E-state index < -0.39 is 10.1 Å². The van der Waals surface area contributed by atoms with Crippen molar-refractivity contribution in [3.8, 4) is 5.75 Å². The Morgan fingerprint density at radius 1 is 1.12 bits per heavy atom. The quantitative estimate of drug-likeness (QED) is 0.439. The van der Waals surface area contributed by atoms with E-state index in [-0.39, 0.29) is 11.7 Å². The molecular weight excluding hydrogens is 390 g/mol. The van der Waals surface area contributed by atoms with Crippen LogP contribution in [-0.2, 0) is 14.9 Å². The topological polar surface area (TPSA) is 63.7 Å². The van der Waals surface area contributed by atoms with Gasteiger partial charge in [-0.2, -0.15) is 8.42 Å². The van der Waals surface area contributed by atoms with E-state index in [4.69, 9.17) is 16.4 Å². The van der Waals surface area contributed by atoms with E-state index in [1.165, 1.54) is 22.7 Å². The smallest absolute Gasteiger partial charge is 0.306 e. The largest absolute Gasteiger partial charge is 0.382 e. The van der Waals surface area contributed by atoms with Crippen LogP contribution in [0.15, 0.2) is 53.4 Å².